The number of anilines is 1. The van der Waals surface area contributed by atoms with Crippen LogP contribution in [0.3, 0.4) is 0 Å². The number of halogens is 2. The van der Waals surface area contributed by atoms with Crippen LogP contribution in [0.1, 0.15) is 25.0 Å². The molecule has 3 rings (SSSR count). The number of sulfonamides is 1. The van der Waals surface area contributed by atoms with Gasteiger partial charge in [-0.2, -0.15) is 0 Å². The van der Waals surface area contributed by atoms with Gasteiger partial charge >= 0.3 is 0 Å². The van der Waals surface area contributed by atoms with Crippen LogP contribution in [0.25, 0.3) is 0 Å². The van der Waals surface area contributed by atoms with Crippen molar-refractivity contribution in [1.82, 2.24) is 9.88 Å². The number of benzene rings is 1. The van der Waals surface area contributed by atoms with Gasteiger partial charge in [-0.1, -0.05) is 37.6 Å². The lowest BCUT2D eigenvalue weighted by atomic mass is 10.1. The molecule has 0 saturated heterocycles. The van der Waals surface area contributed by atoms with E-state index >= 15 is 0 Å². The standard InChI is InChI=1S/C17H19BrClN3O2S/c1-11(2)8-22-9-12-4-3-5-15(14(12)10-22)21-25(23,24)16-6-13(18)7-20-17(16)19/h3-7,11,21H,8-10H2,1-2H3. The van der Waals surface area contributed by atoms with Gasteiger partial charge in [-0.3, -0.25) is 9.62 Å². The fourth-order valence-corrected chi connectivity index (χ4v) is 5.06. The summed E-state index contributed by atoms with van der Waals surface area (Å²) in [6, 6.07) is 7.15. The molecule has 2 heterocycles. The van der Waals surface area contributed by atoms with E-state index in [1.807, 2.05) is 12.1 Å². The molecule has 5 nitrogen and oxygen atoms in total. The largest absolute Gasteiger partial charge is 0.294 e. The molecule has 0 atom stereocenters. The molecule has 1 N–H and O–H groups in total. The molecule has 0 amide bonds. The third kappa shape index (κ3) is 4.16. The van der Waals surface area contributed by atoms with Crippen LogP contribution in [0, 0.1) is 5.92 Å². The lowest BCUT2D eigenvalue weighted by Gasteiger charge is -2.17. The van der Waals surface area contributed by atoms with Crippen LogP contribution in [0.15, 0.2) is 39.8 Å². The lowest BCUT2D eigenvalue weighted by Crippen LogP contribution is -2.21. The predicted molar refractivity (Wildman–Crippen MR) is 103 cm³/mol. The predicted octanol–water partition coefficient (Wildman–Crippen LogP) is 4.27. The van der Waals surface area contributed by atoms with Crippen molar-refractivity contribution in [3.8, 4) is 0 Å². The molecule has 134 valence electrons. The summed E-state index contributed by atoms with van der Waals surface area (Å²) in [5.74, 6) is 0.556. The number of nitrogens with zero attached hydrogens (tertiary/aromatic N) is 2. The van der Waals surface area contributed by atoms with E-state index in [4.69, 9.17) is 11.6 Å². The molecule has 1 aliphatic heterocycles. The van der Waals surface area contributed by atoms with Crippen molar-refractivity contribution in [2.45, 2.75) is 31.8 Å². The van der Waals surface area contributed by atoms with Gasteiger partial charge in [0.2, 0.25) is 0 Å². The number of aromatic nitrogens is 1. The summed E-state index contributed by atoms with van der Waals surface area (Å²) in [4.78, 5) is 6.17. The summed E-state index contributed by atoms with van der Waals surface area (Å²) >= 11 is 9.22. The van der Waals surface area contributed by atoms with E-state index in [1.54, 1.807) is 6.07 Å². The van der Waals surface area contributed by atoms with Crippen LogP contribution in [0.4, 0.5) is 5.69 Å². The van der Waals surface area contributed by atoms with Gasteiger partial charge < -0.3 is 0 Å². The summed E-state index contributed by atoms with van der Waals surface area (Å²) in [6.45, 7) is 6.89. The summed E-state index contributed by atoms with van der Waals surface area (Å²) in [5.41, 5.74) is 2.77. The lowest BCUT2D eigenvalue weighted by molar-refractivity contribution is 0.251. The van der Waals surface area contributed by atoms with Gasteiger partial charge in [-0.15, -0.1) is 0 Å². The summed E-state index contributed by atoms with van der Waals surface area (Å²) in [6.07, 6.45) is 1.46. The maximum absolute atomic E-state index is 12.8. The molecule has 1 aromatic carbocycles. The number of pyridine rings is 1. The Morgan fingerprint density at radius 2 is 2.12 bits per heavy atom. The van der Waals surface area contributed by atoms with Crippen LogP contribution in [-0.4, -0.2) is 24.8 Å². The minimum absolute atomic E-state index is 0.0434. The number of nitrogens with one attached hydrogen (secondary N) is 1. The van der Waals surface area contributed by atoms with E-state index in [-0.39, 0.29) is 10.0 Å². The Kier molecular flexibility index (Phi) is 5.39. The zero-order valence-corrected chi connectivity index (χ0v) is 17.1. The fraction of sp³-hybridized carbons (Fsp3) is 0.353. The molecule has 0 bridgehead atoms. The molecule has 25 heavy (non-hydrogen) atoms. The van der Waals surface area contributed by atoms with E-state index in [0.717, 1.165) is 30.8 Å². The highest BCUT2D eigenvalue weighted by atomic mass is 79.9. The Labute approximate surface area is 161 Å². The second kappa shape index (κ2) is 7.23. The fourth-order valence-electron chi connectivity index (χ4n) is 3.02. The highest BCUT2D eigenvalue weighted by molar-refractivity contribution is 9.10. The molecule has 8 heteroatoms. The Bertz CT molecular complexity index is 903. The molecule has 0 spiro atoms. The van der Waals surface area contributed by atoms with E-state index in [2.05, 4.69) is 44.4 Å². The topological polar surface area (TPSA) is 62.3 Å². The van der Waals surface area contributed by atoms with Crippen molar-refractivity contribution < 1.29 is 8.42 Å². The van der Waals surface area contributed by atoms with Crippen LogP contribution < -0.4 is 4.72 Å². The van der Waals surface area contributed by atoms with Crippen molar-refractivity contribution in [2.75, 3.05) is 11.3 Å². The van der Waals surface area contributed by atoms with E-state index in [9.17, 15) is 8.42 Å². The quantitative estimate of drug-likeness (QED) is 0.700. The molecule has 1 aliphatic rings. The van der Waals surface area contributed by atoms with Crippen molar-refractivity contribution in [2.24, 2.45) is 5.92 Å². The average molecular weight is 445 g/mol. The van der Waals surface area contributed by atoms with Crippen molar-refractivity contribution in [3.63, 3.8) is 0 Å². The summed E-state index contributed by atoms with van der Waals surface area (Å²) in [7, 11) is -3.82. The molecule has 0 aliphatic carbocycles. The van der Waals surface area contributed by atoms with Gasteiger partial charge in [-0.25, -0.2) is 13.4 Å². The first kappa shape index (κ1) is 18.6. The SMILES string of the molecule is CC(C)CN1Cc2cccc(NS(=O)(=O)c3cc(Br)cnc3Cl)c2C1. The van der Waals surface area contributed by atoms with Gasteiger partial charge in [0.15, 0.2) is 0 Å². The molecule has 0 unspecified atom stereocenters. The van der Waals surface area contributed by atoms with E-state index in [0.29, 0.717) is 16.1 Å². The third-order valence-electron chi connectivity index (χ3n) is 3.98. The molecule has 2 aromatic rings. The second-order valence-corrected chi connectivity index (χ2v) is 9.48. The number of fused-ring (bicyclic) bond motifs is 1. The van der Waals surface area contributed by atoms with Crippen LogP contribution >= 0.6 is 27.5 Å². The summed E-state index contributed by atoms with van der Waals surface area (Å²) < 4.78 is 28.8. The Hall–Kier alpha value is -1.15. The Morgan fingerprint density at radius 3 is 2.84 bits per heavy atom. The van der Waals surface area contributed by atoms with Crippen LogP contribution in [0.2, 0.25) is 5.15 Å². The molecular weight excluding hydrogens is 426 g/mol. The first-order chi connectivity index (χ1) is 11.8. The zero-order chi connectivity index (χ0) is 18.2. The highest BCUT2D eigenvalue weighted by Crippen LogP contribution is 2.32. The highest BCUT2D eigenvalue weighted by Gasteiger charge is 2.25. The zero-order valence-electron chi connectivity index (χ0n) is 14.0. The van der Waals surface area contributed by atoms with Crippen LogP contribution in [0.5, 0.6) is 0 Å². The maximum Gasteiger partial charge on any atom is 0.265 e. The molecule has 1 aromatic heterocycles. The number of hydrogen-bond acceptors (Lipinski definition) is 4. The first-order valence-electron chi connectivity index (χ1n) is 7.93. The molecule has 0 radical (unpaired) electrons. The van der Waals surface area contributed by atoms with Crippen molar-refractivity contribution in [3.05, 3.63) is 51.2 Å². The monoisotopic (exact) mass is 443 g/mol. The van der Waals surface area contributed by atoms with Crippen molar-refractivity contribution >= 4 is 43.2 Å². The van der Waals surface area contributed by atoms with E-state index < -0.39 is 10.0 Å². The average Bonchev–Trinajstić information content (AvgIpc) is 2.92. The summed E-state index contributed by atoms with van der Waals surface area (Å²) in [5, 5.41) is -0.0512. The second-order valence-electron chi connectivity index (χ2n) is 6.55. The molecule has 0 fully saturated rings. The molecule has 0 saturated carbocycles. The smallest absolute Gasteiger partial charge is 0.265 e. The third-order valence-corrected chi connectivity index (χ3v) is 6.21. The Balaban J connectivity index is 1.90. The van der Waals surface area contributed by atoms with Gasteiger partial charge in [-0.05, 0) is 45.1 Å². The van der Waals surface area contributed by atoms with Crippen LogP contribution in [-0.2, 0) is 23.1 Å². The first-order valence-corrected chi connectivity index (χ1v) is 10.6. The minimum atomic E-state index is -3.82. The van der Waals surface area contributed by atoms with Gasteiger partial charge in [0.1, 0.15) is 10.0 Å². The number of hydrogen-bond donors (Lipinski definition) is 1. The minimum Gasteiger partial charge on any atom is -0.294 e. The maximum atomic E-state index is 12.8. The number of rotatable bonds is 5. The van der Waals surface area contributed by atoms with Crippen molar-refractivity contribution in [1.29, 1.82) is 0 Å². The van der Waals surface area contributed by atoms with E-state index in [1.165, 1.54) is 12.3 Å². The molecular formula is C17H19BrClN3O2S. The van der Waals surface area contributed by atoms with Gasteiger partial charge in [0.05, 0.1) is 5.69 Å². The normalized spacial score (nSPS) is 14.8. The Morgan fingerprint density at radius 1 is 1.36 bits per heavy atom. The van der Waals surface area contributed by atoms with Gasteiger partial charge in [0.25, 0.3) is 10.0 Å². The van der Waals surface area contributed by atoms with Gasteiger partial charge in [0, 0.05) is 30.3 Å².